The highest BCUT2D eigenvalue weighted by Gasteiger charge is 2.17. The van der Waals surface area contributed by atoms with Crippen LogP contribution in [-0.4, -0.2) is 34.3 Å². The van der Waals surface area contributed by atoms with Crippen molar-refractivity contribution >= 4 is 15.4 Å². The molecule has 6 nitrogen and oxygen atoms in total. The highest BCUT2D eigenvalue weighted by atomic mass is 32.2. The molecule has 0 bridgehead atoms. The second kappa shape index (κ2) is 4.34. The third-order valence-electron chi connectivity index (χ3n) is 2.71. The van der Waals surface area contributed by atoms with Crippen molar-refractivity contribution in [1.29, 1.82) is 0 Å². The van der Waals surface area contributed by atoms with Gasteiger partial charge in [-0.3, -0.25) is 4.98 Å². The van der Waals surface area contributed by atoms with E-state index in [0.717, 1.165) is 12.5 Å². The van der Waals surface area contributed by atoms with Crippen molar-refractivity contribution in [1.82, 2.24) is 19.6 Å². The largest absolute Gasteiger partial charge is 0.265 e. The maximum Gasteiger partial charge on any atom is 0.265 e. The smallest absolute Gasteiger partial charge is 0.255 e. The van der Waals surface area contributed by atoms with Gasteiger partial charge in [0.25, 0.3) is 5.16 Å². The number of nitrogens with zero attached hydrogens (tertiary/aromatic N) is 4. The van der Waals surface area contributed by atoms with Gasteiger partial charge in [0.1, 0.15) is 5.52 Å². The van der Waals surface area contributed by atoms with Crippen molar-refractivity contribution in [3.63, 3.8) is 0 Å². The Labute approximate surface area is 113 Å². The van der Waals surface area contributed by atoms with Gasteiger partial charge in [0, 0.05) is 18.5 Å². The molecule has 3 rings (SSSR count). The van der Waals surface area contributed by atoms with Gasteiger partial charge in [0.15, 0.2) is 5.82 Å². The van der Waals surface area contributed by atoms with Crippen LogP contribution in [0.3, 0.4) is 0 Å². The summed E-state index contributed by atoms with van der Waals surface area (Å²) in [6, 6.07) is 6.41. The lowest BCUT2D eigenvalue weighted by atomic mass is 10.3. The van der Waals surface area contributed by atoms with Gasteiger partial charge in [-0.2, -0.15) is 0 Å². The molecule has 3 aromatic rings. The monoisotopic (exact) mass is 292 g/mol. The van der Waals surface area contributed by atoms with Gasteiger partial charge in [-0.25, -0.2) is 22.3 Å². The maximum atomic E-state index is 13.8. The van der Waals surface area contributed by atoms with Crippen molar-refractivity contribution in [3.8, 4) is 11.4 Å². The molecule has 0 atom stereocenters. The van der Waals surface area contributed by atoms with E-state index in [1.165, 1.54) is 10.6 Å². The molecule has 0 spiro atoms. The minimum Gasteiger partial charge on any atom is -0.255 e. The summed E-state index contributed by atoms with van der Waals surface area (Å²) in [4.78, 5) is 7.77. The molecule has 0 aliphatic carbocycles. The van der Waals surface area contributed by atoms with Crippen LogP contribution in [0.2, 0.25) is 0 Å². The third kappa shape index (κ3) is 2.03. The Morgan fingerprint density at radius 2 is 2.05 bits per heavy atom. The number of hydrogen-bond acceptors (Lipinski definition) is 5. The van der Waals surface area contributed by atoms with E-state index in [-0.39, 0.29) is 10.7 Å². The quantitative estimate of drug-likeness (QED) is 0.712. The first-order chi connectivity index (χ1) is 9.47. The van der Waals surface area contributed by atoms with Crippen molar-refractivity contribution in [2.24, 2.45) is 0 Å². The van der Waals surface area contributed by atoms with Crippen molar-refractivity contribution < 1.29 is 12.8 Å². The molecule has 0 fully saturated rings. The van der Waals surface area contributed by atoms with Gasteiger partial charge in [-0.05, 0) is 12.1 Å². The van der Waals surface area contributed by atoms with Crippen LogP contribution in [0, 0.1) is 5.82 Å². The Hall–Kier alpha value is -2.35. The van der Waals surface area contributed by atoms with Gasteiger partial charge in [-0.15, -0.1) is 5.10 Å². The number of aromatic nitrogens is 4. The van der Waals surface area contributed by atoms with Crippen LogP contribution in [0.5, 0.6) is 0 Å². The van der Waals surface area contributed by atoms with Crippen LogP contribution in [-0.2, 0) is 9.84 Å². The summed E-state index contributed by atoms with van der Waals surface area (Å²) in [5, 5.41) is 3.52. The van der Waals surface area contributed by atoms with Crippen molar-refractivity contribution in [3.05, 3.63) is 42.5 Å². The van der Waals surface area contributed by atoms with Crippen molar-refractivity contribution in [2.45, 2.75) is 5.16 Å². The summed E-state index contributed by atoms with van der Waals surface area (Å²) in [5.41, 5.74) is 0.952. The first-order valence-corrected chi connectivity index (χ1v) is 7.52. The lowest BCUT2D eigenvalue weighted by molar-refractivity contribution is 0.586. The molecule has 0 aliphatic rings. The predicted octanol–water partition coefficient (Wildman–Crippen LogP) is 1.33. The molecule has 0 aromatic carbocycles. The Bertz CT molecular complexity index is 890. The van der Waals surface area contributed by atoms with E-state index >= 15 is 0 Å². The second-order valence-corrected chi connectivity index (χ2v) is 6.11. The average Bonchev–Trinajstić information content (AvgIpc) is 2.76. The normalized spacial score (nSPS) is 11.9. The highest BCUT2D eigenvalue weighted by Crippen LogP contribution is 2.22. The van der Waals surface area contributed by atoms with E-state index in [1.54, 1.807) is 24.4 Å². The second-order valence-electron chi connectivity index (χ2n) is 4.20. The molecule has 0 unspecified atom stereocenters. The summed E-state index contributed by atoms with van der Waals surface area (Å²) < 4.78 is 38.0. The van der Waals surface area contributed by atoms with E-state index in [9.17, 15) is 12.8 Å². The van der Waals surface area contributed by atoms with Crippen LogP contribution in [0.25, 0.3) is 16.9 Å². The number of sulfone groups is 1. The zero-order valence-corrected chi connectivity index (χ0v) is 11.2. The summed E-state index contributed by atoms with van der Waals surface area (Å²) in [5.74, 6) is -0.536. The van der Waals surface area contributed by atoms with Crippen LogP contribution >= 0.6 is 0 Å². The first-order valence-electron chi connectivity index (χ1n) is 5.62. The summed E-state index contributed by atoms with van der Waals surface area (Å²) in [7, 11) is -3.57. The van der Waals surface area contributed by atoms with Crippen molar-refractivity contribution in [2.75, 3.05) is 6.26 Å². The molecule has 3 aromatic heterocycles. The molecule has 0 radical (unpaired) electrons. The van der Waals surface area contributed by atoms with Crippen LogP contribution in [0.1, 0.15) is 0 Å². The zero-order valence-electron chi connectivity index (χ0n) is 10.4. The lowest BCUT2D eigenvalue weighted by Gasteiger charge is -2.02. The van der Waals surface area contributed by atoms with E-state index in [4.69, 9.17) is 0 Å². The lowest BCUT2D eigenvalue weighted by Crippen LogP contribution is -2.08. The topological polar surface area (TPSA) is 77.2 Å². The number of hydrogen-bond donors (Lipinski definition) is 0. The van der Waals surface area contributed by atoms with Gasteiger partial charge < -0.3 is 0 Å². The highest BCUT2D eigenvalue weighted by molar-refractivity contribution is 7.90. The van der Waals surface area contributed by atoms with Crippen LogP contribution in [0.15, 0.2) is 41.8 Å². The van der Waals surface area contributed by atoms with E-state index in [1.807, 2.05) is 0 Å². The molecular formula is C12H9FN4O2S. The number of halogens is 1. The summed E-state index contributed by atoms with van der Waals surface area (Å²) in [6.07, 6.45) is 3.70. The predicted molar refractivity (Wildman–Crippen MR) is 69.3 cm³/mol. The molecule has 0 saturated carbocycles. The Morgan fingerprint density at radius 1 is 1.25 bits per heavy atom. The molecule has 0 N–H and O–H groups in total. The fourth-order valence-corrected chi connectivity index (χ4v) is 2.28. The van der Waals surface area contributed by atoms with Crippen LogP contribution in [0.4, 0.5) is 4.39 Å². The first kappa shape index (κ1) is 12.7. The van der Waals surface area contributed by atoms with Gasteiger partial charge in [0.05, 0.1) is 17.6 Å². The molecule has 20 heavy (non-hydrogen) atoms. The van der Waals surface area contributed by atoms with E-state index < -0.39 is 15.7 Å². The summed E-state index contributed by atoms with van der Waals surface area (Å²) >= 11 is 0. The van der Waals surface area contributed by atoms with Gasteiger partial charge >= 0.3 is 0 Å². The molecule has 0 amide bonds. The maximum absolute atomic E-state index is 13.8. The summed E-state index contributed by atoms with van der Waals surface area (Å²) in [6.45, 7) is 0. The number of fused-ring (bicyclic) bond motifs is 1. The van der Waals surface area contributed by atoms with Gasteiger partial charge in [0.2, 0.25) is 9.84 Å². The Balaban J connectivity index is 2.33. The average molecular weight is 292 g/mol. The molecule has 0 aliphatic heterocycles. The fraction of sp³-hybridized carbons (Fsp3) is 0.0833. The van der Waals surface area contributed by atoms with Crippen LogP contribution < -0.4 is 0 Å². The minimum absolute atomic E-state index is 0.0954. The Morgan fingerprint density at radius 3 is 2.70 bits per heavy atom. The number of pyridine rings is 1. The molecular weight excluding hydrogens is 283 g/mol. The SMILES string of the molecule is CS(=O)(=O)c1ncc2c(F)cc(-c3ccccn3)n2n1. The Kier molecular flexibility index (Phi) is 2.75. The molecule has 3 heterocycles. The van der Waals surface area contributed by atoms with E-state index in [0.29, 0.717) is 11.4 Å². The number of rotatable bonds is 2. The zero-order chi connectivity index (χ0) is 14.3. The van der Waals surface area contributed by atoms with E-state index in [2.05, 4.69) is 15.1 Å². The minimum atomic E-state index is -3.57. The third-order valence-corrected chi connectivity index (χ3v) is 3.56. The van der Waals surface area contributed by atoms with Gasteiger partial charge in [-0.1, -0.05) is 6.07 Å². The molecule has 102 valence electrons. The molecule has 8 heteroatoms. The molecule has 0 saturated heterocycles. The fourth-order valence-electron chi connectivity index (χ4n) is 1.80. The standard InChI is InChI=1S/C12H9FN4O2S/c1-20(18,19)12-15-7-11-8(13)6-10(17(11)16-12)9-4-2-3-5-14-9/h2-7H,1H3.